The van der Waals surface area contributed by atoms with Gasteiger partial charge in [-0.25, -0.2) is 9.97 Å². The van der Waals surface area contributed by atoms with Gasteiger partial charge in [0.05, 0.1) is 6.54 Å². The van der Waals surface area contributed by atoms with Crippen LogP contribution in [0, 0.1) is 11.8 Å². The molecule has 1 aliphatic rings. The standard InChI is InChI=1S/C24H27ClN4O/c1-17(2)14-28(23(30)12-11-19-6-3-4-7-20(19)25)16-22-27-21-8-5-13-26-24(21)29(22)15-18-9-10-18/h3-8,11-13,17-18H,9-10,14-16H2,1-2H3/b12-11+. The minimum absolute atomic E-state index is 0.0402. The Labute approximate surface area is 182 Å². The van der Waals surface area contributed by atoms with Crippen molar-refractivity contribution in [1.29, 1.82) is 0 Å². The van der Waals surface area contributed by atoms with Crippen molar-refractivity contribution in [3.05, 3.63) is 65.1 Å². The number of fused-ring (bicyclic) bond motifs is 1. The van der Waals surface area contributed by atoms with Crippen molar-refractivity contribution in [2.45, 2.75) is 39.8 Å². The number of benzene rings is 1. The number of hydrogen-bond donors (Lipinski definition) is 0. The van der Waals surface area contributed by atoms with E-state index in [1.54, 1.807) is 18.3 Å². The minimum atomic E-state index is -0.0402. The molecule has 0 aliphatic heterocycles. The van der Waals surface area contributed by atoms with Gasteiger partial charge in [-0.2, -0.15) is 0 Å². The van der Waals surface area contributed by atoms with Crippen molar-refractivity contribution in [3.8, 4) is 0 Å². The summed E-state index contributed by atoms with van der Waals surface area (Å²) in [6.07, 6.45) is 7.70. The first-order valence-electron chi connectivity index (χ1n) is 10.5. The van der Waals surface area contributed by atoms with E-state index in [1.165, 1.54) is 12.8 Å². The molecule has 1 fully saturated rings. The highest BCUT2D eigenvalue weighted by Gasteiger charge is 2.26. The van der Waals surface area contributed by atoms with E-state index in [4.69, 9.17) is 16.6 Å². The Morgan fingerprint density at radius 2 is 2.07 bits per heavy atom. The van der Waals surface area contributed by atoms with Crippen molar-refractivity contribution in [3.63, 3.8) is 0 Å². The average molecular weight is 423 g/mol. The van der Waals surface area contributed by atoms with E-state index in [0.29, 0.717) is 29.9 Å². The Morgan fingerprint density at radius 3 is 2.80 bits per heavy atom. The van der Waals surface area contributed by atoms with Crippen LogP contribution in [0.3, 0.4) is 0 Å². The van der Waals surface area contributed by atoms with Crippen LogP contribution >= 0.6 is 11.6 Å². The summed E-state index contributed by atoms with van der Waals surface area (Å²) in [5, 5.41) is 0.634. The summed E-state index contributed by atoms with van der Waals surface area (Å²) in [6, 6.07) is 11.4. The first kappa shape index (κ1) is 20.6. The van der Waals surface area contributed by atoms with Gasteiger partial charge < -0.3 is 9.47 Å². The summed E-state index contributed by atoms with van der Waals surface area (Å²) in [6.45, 7) is 6.28. The smallest absolute Gasteiger partial charge is 0.246 e. The predicted molar refractivity (Wildman–Crippen MR) is 121 cm³/mol. The molecule has 1 amide bonds. The SMILES string of the molecule is CC(C)CN(Cc1nc2cccnc2n1CC1CC1)C(=O)/C=C/c1ccccc1Cl. The number of hydrogen-bond acceptors (Lipinski definition) is 3. The first-order chi connectivity index (χ1) is 14.5. The molecule has 4 rings (SSSR count). The summed E-state index contributed by atoms with van der Waals surface area (Å²) < 4.78 is 2.20. The summed E-state index contributed by atoms with van der Waals surface area (Å²) in [7, 11) is 0. The summed E-state index contributed by atoms with van der Waals surface area (Å²) in [5.74, 6) is 1.90. The van der Waals surface area contributed by atoms with E-state index in [-0.39, 0.29) is 5.91 Å². The highest BCUT2D eigenvalue weighted by atomic mass is 35.5. The van der Waals surface area contributed by atoms with Crippen molar-refractivity contribution in [2.75, 3.05) is 6.54 Å². The van der Waals surface area contributed by atoms with Crippen LogP contribution in [0.5, 0.6) is 0 Å². The van der Waals surface area contributed by atoms with Gasteiger partial charge in [-0.05, 0) is 54.5 Å². The molecule has 0 bridgehead atoms. The molecule has 2 aromatic heterocycles. The molecule has 0 N–H and O–H groups in total. The highest BCUT2D eigenvalue weighted by molar-refractivity contribution is 6.32. The summed E-state index contributed by atoms with van der Waals surface area (Å²) >= 11 is 6.23. The second-order valence-corrected chi connectivity index (χ2v) is 8.80. The van der Waals surface area contributed by atoms with Gasteiger partial charge in [0, 0.05) is 30.4 Å². The second-order valence-electron chi connectivity index (χ2n) is 8.40. The molecule has 30 heavy (non-hydrogen) atoms. The molecular weight excluding hydrogens is 396 g/mol. The van der Waals surface area contributed by atoms with Gasteiger partial charge in [-0.3, -0.25) is 4.79 Å². The maximum atomic E-state index is 13.1. The topological polar surface area (TPSA) is 51.0 Å². The van der Waals surface area contributed by atoms with Gasteiger partial charge in [-0.15, -0.1) is 0 Å². The number of rotatable bonds is 8. The zero-order valence-corrected chi connectivity index (χ0v) is 18.2. The van der Waals surface area contributed by atoms with Crippen LogP contribution in [0.25, 0.3) is 17.2 Å². The molecule has 0 radical (unpaired) electrons. The quantitative estimate of drug-likeness (QED) is 0.469. The maximum absolute atomic E-state index is 13.1. The van der Waals surface area contributed by atoms with Crippen LogP contribution in [0.4, 0.5) is 0 Å². The highest BCUT2D eigenvalue weighted by Crippen LogP contribution is 2.32. The van der Waals surface area contributed by atoms with Crippen LogP contribution in [0.15, 0.2) is 48.7 Å². The Morgan fingerprint density at radius 1 is 1.27 bits per heavy atom. The lowest BCUT2D eigenvalue weighted by Crippen LogP contribution is -2.33. The molecule has 0 saturated heterocycles. The van der Waals surface area contributed by atoms with E-state index in [9.17, 15) is 4.79 Å². The Kier molecular flexibility index (Phi) is 6.18. The lowest BCUT2D eigenvalue weighted by atomic mass is 10.2. The Bertz CT molecular complexity index is 1070. The van der Waals surface area contributed by atoms with E-state index >= 15 is 0 Å². The van der Waals surface area contributed by atoms with Crippen molar-refractivity contribution in [1.82, 2.24) is 19.4 Å². The zero-order valence-electron chi connectivity index (χ0n) is 17.5. The first-order valence-corrected chi connectivity index (χ1v) is 10.9. The molecular formula is C24H27ClN4O. The molecule has 6 heteroatoms. The second kappa shape index (κ2) is 9.00. The number of aromatic nitrogens is 3. The van der Waals surface area contributed by atoms with Crippen molar-refractivity contribution in [2.24, 2.45) is 11.8 Å². The lowest BCUT2D eigenvalue weighted by Gasteiger charge is -2.23. The van der Waals surface area contributed by atoms with E-state index in [0.717, 1.165) is 29.1 Å². The maximum Gasteiger partial charge on any atom is 0.246 e. The van der Waals surface area contributed by atoms with Crippen LogP contribution in [-0.4, -0.2) is 31.9 Å². The van der Waals surface area contributed by atoms with Gasteiger partial charge in [0.25, 0.3) is 0 Å². The number of carbonyl (C=O) groups is 1. The van der Waals surface area contributed by atoms with Gasteiger partial charge in [0.15, 0.2) is 5.65 Å². The molecule has 0 atom stereocenters. The van der Waals surface area contributed by atoms with E-state index in [1.807, 2.05) is 41.3 Å². The van der Waals surface area contributed by atoms with Gasteiger partial charge in [0.1, 0.15) is 11.3 Å². The normalized spacial score (nSPS) is 14.1. The van der Waals surface area contributed by atoms with E-state index < -0.39 is 0 Å². The van der Waals surface area contributed by atoms with Crippen LogP contribution in [0.2, 0.25) is 5.02 Å². The van der Waals surface area contributed by atoms with E-state index in [2.05, 4.69) is 23.4 Å². The molecule has 2 heterocycles. The number of nitrogens with zero attached hydrogens (tertiary/aromatic N) is 4. The predicted octanol–water partition coefficient (Wildman–Crippen LogP) is 5.19. The fraction of sp³-hybridized carbons (Fsp3) is 0.375. The van der Waals surface area contributed by atoms with Crippen molar-refractivity contribution < 1.29 is 4.79 Å². The third kappa shape index (κ3) is 4.90. The monoisotopic (exact) mass is 422 g/mol. The average Bonchev–Trinajstić information content (AvgIpc) is 3.48. The molecule has 0 spiro atoms. The lowest BCUT2D eigenvalue weighted by molar-refractivity contribution is -0.127. The molecule has 3 aromatic rings. The number of pyridine rings is 1. The van der Waals surface area contributed by atoms with Gasteiger partial charge in [-0.1, -0.05) is 43.6 Å². The fourth-order valence-electron chi connectivity index (χ4n) is 3.60. The molecule has 5 nitrogen and oxygen atoms in total. The number of imidazole rings is 1. The van der Waals surface area contributed by atoms with Crippen LogP contribution in [0.1, 0.15) is 38.1 Å². The molecule has 0 unspecified atom stereocenters. The number of halogens is 1. The number of amides is 1. The minimum Gasteiger partial charge on any atom is -0.331 e. The number of carbonyl (C=O) groups excluding carboxylic acids is 1. The third-order valence-corrected chi connectivity index (χ3v) is 5.60. The third-order valence-electron chi connectivity index (χ3n) is 5.26. The summed E-state index contributed by atoms with van der Waals surface area (Å²) in [4.78, 5) is 24.3. The largest absolute Gasteiger partial charge is 0.331 e. The fourth-order valence-corrected chi connectivity index (χ4v) is 3.80. The van der Waals surface area contributed by atoms with Crippen molar-refractivity contribution >= 4 is 34.7 Å². The summed E-state index contributed by atoms with van der Waals surface area (Å²) in [5.41, 5.74) is 2.63. The Balaban J connectivity index is 1.60. The molecule has 1 aliphatic carbocycles. The Hall–Kier alpha value is -2.66. The van der Waals surface area contributed by atoms with Crippen LogP contribution < -0.4 is 0 Å². The molecule has 1 saturated carbocycles. The molecule has 1 aromatic carbocycles. The van der Waals surface area contributed by atoms with Crippen LogP contribution in [-0.2, 0) is 17.9 Å². The molecule has 156 valence electrons. The van der Waals surface area contributed by atoms with Gasteiger partial charge in [0.2, 0.25) is 5.91 Å². The van der Waals surface area contributed by atoms with Gasteiger partial charge >= 0.3 is 0 Å². The zero-order chi connectivity index (χ0) is 21.1.